The lowest BCUT2D eigenvalue weighted by atomic mass is 10.1. The molecule has 1 heterocycles. The van der Waals surface area contributed by atoms with Crippen LogP contribution in [0.15, 0.2) is 18.2 Å². The van der Waals surface area contributed by atoms with Crippen LogP contribution in [0.5, 0.6) is 0 Å². The molecular formula is C17H29Br2N3O4. The summed E-state index contributed by atoms with van der Waals surface area (Å²) in [6, 6.07) is 4.49. The Morgan fingerprint density at radius 3 is 1.54 bits per heavy atom. The highest BCUT2D eigenvalue weighted by Gasteiger charge is 2.24. The van der Waals surface area contributed by atoms with Gasteiger partial charge >= 0.3 is 11.9 Å². The number of aromatic nitrogens is 1. The molecule has 0 aliphatic carbocycles. The van der Waals surface area contributed by atoms with Crippen molar-refractivity contribution in [1.82, 2.24) is 4.98 Å². The van der Waals surface area contributed by atoms with Crippen molar-refractivity contribution in [3.05, 3.63) is 29.6 Å². The van der Waals surface area contributed by atoms with Crippen LogP contribution in [0.1, 0.15) is 39.1 Å². The molecule has 0 aromatic carbocycles. The summed E-state index contributed by atoms with van der Waals surface area (Å²) in [5.74, 6) is -0.457. The molecule has 0 radical (unpaired) electrons. The minimum atomic E-state index is -0.404. The lowest BCUT2D eigenvalue weighted by Gasteiger charge is -2.13. The number of nitrogens with zero attached hydrogens (tertiary/aromatic N) is 1. The molecule has 0 aliphatic heterocycles. The van der Waals surface area contributed by atoms with E-state index >= 15 is 0 Å². The highest BCUT2D eigenvalue weighted by atomic mass is 79.9. The molecule has 1 aromatic heterocycles. The number of pyridine rings is 1. The molecule has 7 nitrogen and oxygen atoms in total. The van der Waals surface area contributed by atoms with E-state index in [1.165, 1.54) is 0 Å². The van der Waals surface area contributed by atoms with E-state index in [1.807, 2.05) is 27.7 Å². The van der Waals surface area contributed by atoms with Crippen molar-refractivity contribution >= 4 is 11.9 Å². The van der Waals surface area contributed by atoms with Crippen LogP contribution in [-0.2, 0) is 32.3 Å². The number of esters is 2. The summed E-state index contributed by atoms with van der Waals surface area (Å²) in [6.07, 6.45) is 0. The number of halogens is 2. The molecule has 0 aliphatic rings. The zero-order valence-electron chi connectivity index (χ0n) is 15.7. The molecule has 0 fully saturated rings. The Bertz CT molecular complexity index is 525. The first-order valence-electron chi connectivity index (χ1n) is 8.16. The summed E-state index contributed by atoms with van der Waals surface area (Å²) < 4.78 is 10.4. The lowest BCUT2D eigenvalue weighted by molar-refractivity contribution is -0.419. The van der Waals surface area contributed by atoms with Crippen LogP contribution in [0, 0.1) is 11.8 Å². The standard InChI is InChI=1S/C17H27N3O4.2BrH/c1-10(2)14(18)16(21)23-8-12-6-5-7-13(20-12)9-24-17(22)15(19)11(3)4;;/h5-7,10-11,14-15H,8-9,18-19H2,1-4H3;2*1H/t14-,15-;;/m0../s1. The number of hydrogen-bond donors (Lipinski definition) is 2. The fourth-order valence-corrected chi connectivity index (χ4v) is 1.74. The summed E-state index contributed by atoms with van der Waals surface area (Å²) in [7, 11) is 0. The third-order valence-electron chi connectivity index (χ3n) is 3.80. The number of rotatable bonds is 8. The normalized spacial score (nSPS) is 12.6. The molecule has 9 heteroatoms. The fourth-order valence-electron chi connectivity index (χ4n) is 1.74. The second kappa shape index (κ2) is 13.2. The summed E-state index contributed by atoms with van der Waals surface area (Å²) >= 11 is 0. The largest absolute Gasteiger partial charge is 1.00 e. The van der Waals surface area contributed by atoms with Crippen LogP contribution in [0.3, 0.4) is 0 Å². The van der Waals surface area contributed by atoms with E-state index in [0.717, 1.165) is 0 Å². The van der Waals surface area contributed by atoms with E-state index in [1.54, 1.807) is 18.2 Å². The molecule has 1 rings (SSSR count). The number of quaternary nitrogens is 2. The monoisotopic (exact) mass is 497 g/mol. The van der Waals surface area contributed by atoms with Gasteiger partial charge in [0.2, 0.25) is 0 Å². The zero-order chi connectivity index (χ0) is 18.3. The number of carbonyl (C=O) groups is 2. The van der Waals surface area contributed by atoms with Gasteiger partial charge < -0.3 is 54.9 Å². The average molecular weight is 499 g/mol. The first-order valence-corrected chi connectivity index (χ1v) is 8.16. The SMILES string of the molecule is CC(C)[C@H]([NH3+])C(=O)OCc1cccc(COC(=O)[C@@H]([NH3+])C(C)C)n1.[Br-].[Br-]. The highest BCUT2D eigenvalue weighted by Crippen LogP contribution is 2.06. The second-order valence-corrected chi connectivity index (χ2v) is 6.54. The minimum Gasteiger partial charge on any atom is -1.00 e. The van der Waals surface area contributed by atoms with E-state index in [2.05, 4.69) is 16.5 Å². The van der Waals surface area contributed by atoms with Gasteiger partial charge in [0.25, 0.3) is 0 Å². The average Bonchev–Trinajstić information content (AvgIpc) is 2.56. The van der Waals surface area contributed by atoms with Crippen LogP contribution in [0.25, 0.3) is 0 Å². The number of ether oxygens (including phenoxy) is 2. The van der Waals surface area contributed by atoms with Gasteiger partial charge in [0, 0.05) is 11.8 Å². The maximum Gasteiger partial charge on any atom is 0.365 e. The van der Waals surface area contributed by atoms with Gasteiger partial charge in [-0.2, -0.15) is 0 Å². The minimum absolute atomic E-state index is 0. The van der Waals surface area contributed by atoms with Crippen molar-refractivity contribution in [2.24, 2.45) is 11.8 Å². The van der Waals surface area contributed by atoms with E-state index in [9.17, 15) is 9.59 Å². The molecule has 150 valence electrons. The molecule has 6 N–H and O–H groups in total. The highest BCUT2D eigenvalue weighted by molar-refractivity contribution is 5.74. The third kappa shape index (κ3) is 9.07. The van der Waals surface area contributed by atoms with Gasteiger partial charge in [0.15, 0.2) is 12.1 Å². The van der Waals surface area contributed by atoms with Gasteiger partial charge in [-0.1, -0.05) is 33.8 Å². The molecule has 0 amide bonds. The molecule has 0 spiro atoms. The van der Waals surface area contributed by atoms with Crippen molar-refractivity contribution in [2.45, 2.75) is 53.0 Å². The predicted molar refractivity (Wildman–Crippen MR) is 86.9 cm³/mol. The molecule has 2 atom stereocenters. The van der Waals surface area contributed by atoms with Gasteiger partial charge in [0.1, 0.15) is 13.2 Å². The van der Waals surface area contributed by atoms with Crippen LogP contribution >= 0.6 is 0 Å². The lowest BCUT2D eigenvalue weighted by Crippen LogP contribution is -3.00. The quantitative estimate of drug-likeness (QED) is 0.345. The van der Waals surface area contributed by atoms with Crippen molar-refractivity contribution < 1.29 is 64.5 Å². The Balaban J connectivity index is 0. The number of hydrogen-bond acceptors (Lipinski definition) is 5. The van der Waals surface area contributed by atoms with Crippen LogP contribution in [0.2, 0.25) is 0 Å². The summed E-state index contributed by atoms with van der Waals surface area (Å²) in [5, 5.41) is 0. The first-order chi connectivity index (χ1) is 11.2. The molecular weight excluding hydrogens is 470 g/mol. The van der Waals surface area contributed by atoms with Crippen LogP contribution in [-0.4, -0.2) is 29.0 Å². The fraction of sp³-hybridized carbons (Fsp3) is 0.588. The van der Waals surface area contributed by atoms with Gasteiger partial charge in [0.05, 0.1) is 11.4 Å². The summed E-state index contributed by atoms with van der Waals surface area (Å²) in [6.45, 7) is 7.81. The molecule has 1 aromatic rings. The van der Waals surface area contributed by atoms with Crippen LogP contribution < -0.4 is 45.4 Å². The van der Waals surface area contributed by atoms with E-state index < -0.39 is 12.1 Å². The zero-order valence-corrected chi connectivity index (χ0v) is 18.9. The summed E-state index contributed by atoms with van der Waals surface area (Å²) in [5.41, 5.74) is 8.78. The topological polar surface area (TPSA) is 121 Å². The molecule has 0 unspecified atom stereocenters. The molecule has 26 heavy (non-hydrogen) atoms. The Morgan fingerprint density at radius 2 is 1.23 bits per heavy atom. The Labute approximate surface area is 175 Å². The number of carbonyl (C=O) groups excluding carboxylic acids is 2. The van der Waals surface area contributed by atoms with Crippen LogP contribution in [0.4, 0.5) is 0 Å². The smallest absolute Gasteiger partial charge is 0.365 e. The van der Waals surface area contributed by atoms with Gasteiger partial charge in [-0.05, 0) is 12.1 Å². The van der Waals surface area contributed by atoms with Gasteiger partial charge in [-0.3, -0.25) is 4.98 Å². The maximum absolute atomic E-state index is 11.8. The van der Waals surface area contributed by atoms with Gasteiger partial charge in [-0.25, -0.2) is 9.59 Å². The first kappa shape index (κ1) is 27.2. The predicted octanol–water partition coefficient (Wildman–Crippen LogP) is -6.29. The summed E-state index contributed by atoms with van der Waals surface area (Å²) in [4.78, 5) is 27.9. The Morgan fingerprint density at radius 1 is 0.885 bits per heavy atom. The van der Waals surface area contributed by atoms with Crippen molar-refractivity contribution in [2.75, 3.05) is 0 Å². The third-order valence-corrected chi connectivity index (χ3v) is 3.80. The van der Waals surface area contributed by atoms with Gasteiger partial charge in [-0.15, -0.1) is 0 Å². The Kier molecular flexibility index (Phi) is 13.8. The van der Waals surface area contributed by atoms with Crippen molar-refractivity contribution in [3.8, 4) is 0 Å². The van der Waals surface area contributed by atoms with E-state index in [0.29, 0.717) is 11.4 Å². The Hall–Kier alpha value is -1.03. The second-order valence-electron chi connectivity index (χ2n) is 6.54. The molecule has 0 bridgehead atoms. The van der Waals surface area contributed by atoms with Crippen molar-refractivity contribution in [1.29, 1.82) is 0 Å². The maximum atomic E-state index is 11.8. The van der Waals surface area contributed by atoms with Crippen molar-refractivity contribution in [3.63, 3.8) is 0 Å². The molecule has 0 saturated heterocycles. The van der Waals surface area contributed by atoms with E-state index in [-0.39, 0.29) is 71.0 Å². The van der Waals surface area contributed by atoms with E-state index in [4.69, 9.17) is 9.47 Å². The molecule has 0 saturated carbocycles.